The summed E-state index contributed by atoms with van der Waals surface area (Å²) in [5, 5.41) is 31.3. The van der Waals surface area contributed by atoms with E-state index in [-0.39, 0.29) is 11.3 Å². The van der Waals surface area contributed by atoms with Gasteiger partial charge in [-0.05, 0) is 16.0 Å². The highest BCUT2D eigenvalue weighted by Crippen LogP contribution is 2.27. The van der Waals surface area contributed by atoms with Gasteiger partial charge in [0.15, 0.2) is 0 Å². The van der Waals surface area contributed by atoms with Crippen molar-refractivity contribution in [1.82, 2.24) is 20.2 Å². The Morgan fingerprint density at radius 2 is 2.30 bits per heavy atom. The van der Waals surface area contributed by atoms with Crippen LogP contribution in [0.3, 0.4) is 0 Å². The summed E-state index contributed by atoms with van der Waals surface area (Å²) in [5.74, 6) is -1.11. The maximum absolute atomic E-state index is 11.2. The zero-order valence-electron chi connectivity index (χ0n) is 10.3. The highest BCUT2D eigenvalue weighted by molar-refractivity contribution is 7.98. The zero-order chi connectivity index (χ0) is 14.7. The third kappa shape index (κ3) is 2.74. The minimum atomic E-state index is -1.33. The molecule has 0 saturated carbocycles. The number of carbonyl (C=O) groups is 1. The molecule has 104 valence electrons. The number of benzene rings is 1. The van der Waals surface area contributed by atoms with E-state index < -0.39 is 16.6 Å². The number of hydrogen-bond donors (Lipinski definition) is 1. The minimum absolute atomic E-state index is 0.220. The SMILES string of the molecule is Cn1nnnc1SCc1cccc([N+](=O)[O-])c1C(=O)O. The van der Waals surface area contributed by atoms with Gasteiger partial charge < -0.3 is 5.11 Å². The van der Waals surface area contributed by atoms with Crippen molar-refractivity contribution in [3.05, 3.63) is 39.4 Å². The van der Waals surface area contributed by atoms with Gasteiger partial charge in [-0.15, -0.1) is 5.10 Å². The molecule has 0 aliphatic rings. The van der Waals surface area contributed by atoms with Crippen molar-refractivity contribution in [3.8, 4) is 0 Å². The molecule has 10 heteroatoms. The molecule has 1 aromatic carbocycles. The number of rotatable bonds is 5. The summed E-state index contributed by atoms with van der Waals surface area (Å²) in [7, 11) is 1.65. The highest BCUT2D eigenvalue weighted by atomic mass is 32.2. The molecule has 9 nitrogen and oxygen atoms in total. The van der Waals surface area contributed by atoms with E-state index in [9.17, 15) is 14.9 Å². The molecule has 0 saturated heterocycles. The van der Waals surface area contributed by atoms with Crippen molar-refractivity contribution < 1.29 is 14.8 Å². The lowest BCUT2D eigenvalue weighted by molar-refractivity contribution is -0.385. The topological polar surface area (TPSA) is 124 Å². The Kier molecular flexibility index (Phi) is 3.94. The van der Waals surface area contributed by atoms with E-state index in [0.717, 1.165) is 0 Å². The van der Waals surface area contributed by atoms with Crippen LogP contribution in [0.1, 0.15) is 15.9 Å². The summed E-state index contributed by atoms with van der Waals surface area (Å²) in [5.41, 5.74) is -0.383. The third-order valence-electron chi connectivity index (χ3n) is 2.48. The van der Waals surface area contributed by atoms with Crippen LogP contribution >= 0.6 is 11.8 Å². The molecular formula is C10H9N5O4S. The van der Waals surface area contributed by atoms with Crippen LogP contribution in [0.15, 0.2) is 23.4 Å². The van der Waals surface area contributed by atoms with Crippen molar-refractivity contribution in [3.63, 3.8) is 0 Å². The summed E-state index contributed by atoms with van der Waals surface area (Å²) in [4.78, 5) is 21.4. The lowest BCUT2D eigenvalue weighted by Crippen LogP contribution is -2.06. The first-order chi connectivity index (χ1) is 9.50. The fourth-order valence-corrected chi connectivity index (χ4v) is 2.43. The summed E-state index contributed by atoms with van der Waals surface area (Å²) >= 11 is 1.20. The van der Waals surface area contributed by atoms with Gasteiger partial charge in [0, 0.05) is 18.9 Å². The predicted molar refractivity (Wildman–Crippen MR) is 68.4 cm³/mol. The van der Waals surface area contributed by atoms with E-state index >= 15 is 0 Å². The molecule has 0 unspecified atom stereocenters. The normalized spacial score (nSPS) is 10.4. The van der Waals surface area contributed by atoms with Crippen molar-refractivity contribution in [2.75, 3.05) is 0 Å². The Balaban J connectivity index is 2.32. The minimum Gasteiger partial charge on any atom is -0.477 e. The van der Waals surface area contributed by atoms with Crippen LogP contribution in [0.4, 0.5) is 5.69 Å². The molecule has 0 bridgehead atoms. The predicted octanol–water partition coefficient (Wildman–Crippen LogP) is 1.11. The highest BCUT2D eigenvalue weighted by Gasteiger charge is 2.23. The quantitative estimate of drug-likeness (QED) is 0.494. The van der Waals surface area contributed by atoms with Gasteiger partial charge >= 0.3 is 5.97 Å². The average Bonchev–Trinajstić information content (AvgIpc) is 2.81. The van der Waals surface area contributed by atoms with Gasteiger partial charge in [0.2, 0.25) is 5.16 Å². The number of hydrogen-bond acceptors (Lipinski definition) is 7. The van der Waals surface area contributed by atoms with Crippen molar-refractivity contribution in [2.45, 2.75) is 10.9 Å². The number of aryl methyl sites for hydroxylation is 1. The Morgan fingerprint density at radius 3 is 2.85 bits per heavy atom. The van der Waals surface area contributed by atoms with Crippen LogP contribution in [-0.2, 0) is 12.8 Å². The Bertz CT molecular complexity index is 671. The molecule has 1 aromatic heterocycles. The van der Waals surface area contributed by atoms with Crippen LogP contribution < -0.4 is 0 Å². The molecule has 2 aromatic rings. The second-order valence-electron chi connectivity index (χ2n) is 3.75. The molecule has 0 aliphatic carbocycles. The second kappa shape index (κ2) is 5.65. The largest absolute Gasteiger partial charge is 0.477 e. The van der Waals surface area contributed by atoms with Gasteiger partial charge in [0.05, 0.1) is 4.92 Å². The number of thioether (sulfide) groups is 1. The molecule has 0 aliphatic heterocycles. The lowest BCUT2D eigenvalue weighted by Gasteiger charge is -2.05. The van der Waals surface area contributed by atoms with Crippen LogP contribution in [0.2, 0.25) is 0 Å². The molecule has 1 heterocycles. The molecule has 0 atom stereocenters. The first-order valence-electron chi connectivity index (χ1n) is 5.35. The van der Waals surface area contributed by atoms with Gasteiger partial charge in [0.25, 0.3) is 5.69 Å². The maximum Gasteiger partial charge on any atom is 0.343 e. The molecule has 1 N–H and O–H groups in total. The van der Waals surface area contributed by atoms with Crippen molar-refractivity contribution >= 4 is 23.4 Å². The number of tetrazole rings is 1. The van der Waals surface area contributed by atoms with Crippen LogP contribution in [0.25, 0.3) is 0 Å². The van der Waals surface area contributed by atoms with Gasteiger partial charge in [-0.25, -0.2) is 9.48 Å². The van der Waals surface area contributed by atoms with E-state index in [2.05, 4.69) is 15.5 Å². The van der Waals surface area contributed by atoms with Crippen LogP contribution in [0.5, 0.6) is 0 Å². The molecular weight excluding hydrogens is 286 g/mol. The first kappa shape index (κ1) is 13.9. The number of nitrogens with zero attached hydrogens (tertiary/aromatic N) is 5. The number of carboxylic acid groups (broad SMARTS) is 1. The Labute approximate surface area is 116 Å². The summed E-state index contributed by atoms with van der Waals surface area (Å²) < 4.78 is 1.43. The molecule has 0 spiro atoms. The van der Waals surface area contributed by atoms with E-state index in [1.54, 1.807) is 7.05 Å². The smallest absolute Gasteiger partial charge is 0.343 e. The number of aromatic carboxylic acids is 1. The summed E-state index contributed by atoms with van der Waals surface area (Å²) in [6.07, 6.45) is 0. The van der Waals surface area contributed by atoms with E-state index in [1.807, 2.05) is 0 Å². The summed E-state index contributed by atoms with van der Waals surface area (Å²) in [6.45, 7) is 0. The van der Waals surface area contributed by atoms with Gasteiger partial charge in [-0.2, -0.15) is 0 Å². The molecule has 2 rings (SSSR count). The standard InChI is InChI=1S/C10H9N5O4S/c1-14-10(11-12-13-14)20-5-6-3-2-4-7(15(18)19)8(6)9(16)17/h2-4H,5H2,1H3,(H,16,17). The molecule has 20 heavy (non-hydrogen) atoms. The average molecular weight is 295 g/mol. The van der Waals surface area contributed by atoms with E-state index in [1.165, 1.54) is 34.6 Å². The Morgan fingerprint density at radius 1 is 1.55 bits per heavy atom. The van der Waals surface area contributed by atoms with Gasteiger partial charge in [0.1, 0.15) is 5.56 Å². The van der Waals surface area contributed by atoms with Crippen molar-refractivity contribution in [2.24, 2.45) is 7.05 Å². The van der Waals surface area contributed by atoms with Crippen LogP contribution in [-0.4, -0.2) is 36.2 Å². The maximum atomic E-state index is 11.2. The summed E-state index contributed by atoms with van der Waals surface area (Å²) in [6, 6.07) is 4.16. The Hall–Kier alpha value is -2.49. The zero-order valence-corrected chi connectivity index (χ0v) is 11.1. The number of aromatic nitrogens is 4. The van der Waals surface area contributed by atoms with Crippen LogP contribution in [0, 0.1) is 10.1 Å². The third-order valence-corrected chi connectivity index (χ3v) is 3.54. The monoisotopic (exact) mass is 295 g/mol. The number of nitro benzene ring substituents is 1. The van der Waals surface area contributed by atoms with E-state index in [0.29, 0.717) is 10.7 Å². The second-order valence-corrected chi connectivity index (χ2v) is 4.69. The number of carboxylic acids is 1. The lowest BCUT2D eigenvalue weighted by atomic mass is 10.1. The van der Waals surface area contributed by atoms with Crippen molar-refractivity contribution in [1.29, 1.82) is 0 Å². The fourth-order valence-electron chi connectivity index (χ4n) is 1.59. The fraction of sp³-hybridized carbons (Fsp3) is 0.200. The molecule has 0 amide bonds. The van der Waals surface area contributed by atoms with Gasteiger partial charge in [-0.3, -0.25) is 10.1 Å². The molecule has 0 radical (unpaired) electrons. The van der Waals surface area contributed by atoms with Gasteiger partial charge in [-0.1, -0.05) is 23.9 Å². The van der Waals surface area contributed by atoms with E-state index in [4.69, 9.17) is 5.11 Å². The first-order valence-corrected chi connectivity index (χ1v) is 6.34. The molecule has 0 fully saturated rings. The number of nitro groups is 1.